The van der Waals surface area contributed by atoms with Gasteiger partial charge in [0, 0.05) is 20.0 Å². The second-order valence-corrected chi connectivity index (χ2v) is 5.61. The van der Waals surface area contributed by atoms with Crippen LogP contribution in [0.5, 0.6) is 5.75 Å². The van der Waals surface area contributed by atoms with Gasteiger partial charge in [-0.2, -0.15) is 5.10 Å². The Balaban J connectivity index is 1.54. The lowest BCUT2D eigenvalue weighted by Crippen LogP contribution is -2.37. The quantitative estimate of drug-likeness (QED) is 0.754. The minimum absolute atomic E-state index is 0.148. The third-order valence-electron chi connectivity index (χ3n) is 3.86. The average Bonchev–Trinajstić information content (AvgIpc) is 2.99. The number of carbonyl (C=O) groups is 1. The van der Waals surface area contributed by atoms with E-state index in [0.717, 1.165) is 16.6 Å². The lowest BCUT2D eigenvalue weighted by molar-refractivity contribution is -0.127. The summed E-state index contributed by atoms with van der Waals surface area (Å²) in [6.45, 7) is 2.24. The van der Waals surface area contributed by atoms with Gasteiger partial charge in [-0.25, -0.2) is 4.98 Å². The second kappa shape index (κ2) is 7.12. The zero-order valence-corrected chi connectivity index (χ0v) is 13.8. The normalized spacial score (nSPS) is 12.1. The summed E-state index contributed by atoms with van der Waals surface area (Å²) in [6.07, 6.45) is 1.57. The molecule has 0 aliphatic carbocycles. The number of benzene rings is 2. The molecule has 1 aromatic heterocycles. The molecule has 1 atom stereocenters. The molecule has 124 valence electrons. The third kappa shape index (κ3) is 3.71. The Bertz CT molecular complexity index is 844. The Labute approximate surface area is 140 Å². The van der Waals surface area contributed by atoms with Crippen molar-refractivity contribution in [3.05, 3.63) is 54.6 Å². The first-order valence-corrected chi connectivity index (χ1v) is 7.89. The molecule has 1 N–H and O–H groups in total. The lowest BCUT2D eigenvalue weighted by Gasteiger charge is -2.15. The molecule has 3 aromatic rings. The van der Waals surface area contributed by atoms with E-state index in [-0.39, 0.29) is 5.91 Å². The molecular formula is C18H20N4O2. The van der Waals surface area contributed by atoms with Gasteiger partial charge in [-0.1, -0.05) is 30.3 Å². The van der Waals surface area contributed by atoms with Crippen LogP contribution in [0.4, 0.5) is 0 Å². The maximum absolute atomic E-state index is 12.1. The van der Waals surface area contributed by atoms with E-state index >= 15 is 0 Å². The Morgan fingerprint density at radius 2 is 2.04 bits per heavy atom. The van der Waals surface area contributed by atoms with Crippen molar-refractivity contribution in [2.45, 2.75) is 19.4 Å². The predicted octanol–water partition coefficient (Wildman–Crippen LogP) is 2.09. The summed E-state index contributed by atoms with van der Waals surface area (Å²) in [4.78, 5) is 16.3. The topological polar surface area (TPSA) is 69.0 Å². The predicted molar refractivity (Wildman–Crippen MR) is 91.8 cm³/mol. The fourth-order valence-corrected chi connectivity index (χ4v) is 2.49. The first kappa shape index (κ1) is 16.0. The number of rotatable bonds is 6. The van der Waals surface area contributed by atoms with Crippen LogP contribution in [0.3, 0.4) is 0 Å². The third-order valence-corrected chi connectivity index (χ3v) is 3.86. The van der Waals surface area contributed by atoms with Crippen LogP contribution >= 0.6 is 0 Å². The summed E-state index contributed by atoms with van der Waals surface area (Å²) in [5, 5.41) is 9.09. The highest BCUT2D eigenvalue weighted by Gasteiger charge is 2.14. The molecule has 6 nitrogen and oxygen atoms in total. The number of amides is 1. The van der Waals surface area contributed by atoms with E-state index in [1.54, 1.807) is 11.6 Å². The van der Waals surface area contributed by atoms with Gasteiger partial charge in [0.1, 0.15) is 17.9 Å². The number of nitrogens with one attached hydrogen (secondary N) is 1. The zero-order valence-electron chi connectivity index (χ0n) is 13.8. The highest BCUT2D eigenvalue weighted by molar-refractivity contribution is 5.84. The fourth-order valence-electron chi connectivity index (χ4n) is 2.49. The summed E-state index contributed by atoms with van der Waals surface area (Å²) in [5.74, 6) is 1.37. The van der Waals surface area contributed by atoms with Crippen LogP contribution in [0.25, 0.3) is 10.8 Å². The maximum atomic E-state index is 12.1. The number of nitrogens with zero attached hydrogens (tertiary/aromatic N) is 3. The number of carbonyl (C=O) groups excluding carboxylic acids is 1. The van der Waals surface area contributed by atoms with Crippen molar-refractivity contribution >= 4 is 16.7 Å². The largest absolute Gasteiger partial charge is 0.481 e. The van der Waals surface area contributed by atoms with Crippen molar-refractivity contribution in [1.29, 1.82) is 0 Å². The second-order valence-electron chi connectivity index (χ2n) is 5.61. The fraction of sp³-hybridized carbons (Fsp3) is 0.278. The van der Waals surface area contributed by atoms with Gasteiger partial charge < -0.3 is 10.1 Å². The van der Waals surface area contributed by atoms with Crippen LogP contribution < -0.4 is 10.1 Å². The molecule has 6 heteroatoms. The van der Waals surface area contributed by atoms with Gasteiger partial charge in [-0.3, -0.25) is 9.48 Å². The molecule has 0 spiro atoms. The Hall–Kier alpha value is -2.89. The van der Waals surface area contributed by atoms with E-state index in [2.05, 4.69) is 15.4 Å². The number of hydrogen-bond acceptors (Lipinski definition) is 4. The Morgan fingerprint density at radius 1 is 1.25 bits per heavy atom. The van der Waals surface area contributed by atoms with Crippen LogP contribution in [0.15, 0.2) is 48.8 Å². The summed E-state index contributed by atoms with van der Waals surface area (Å²) >= 11 is 0. The van der Waals surface area contributed by atoms with Gasteiger partial charge in [0.25, 0.3) is 5.91 Å². The van der Waals surface area contributed by atoms with Crippen LogP contribution in [0.2, 0.25) is 0 Å². The number of ether oxygens (including phenoxy) is 1. The van der Waals surface area contributed by atoms with E-state index in [4.69, 9.17) is 4.74 Å². The molecule has 0 unspecified atom stereocenters. The average molecular weight is 324 g/mol. The molecule has 0 radical (unpaired) electrons. The van der Waals surface area contributed by atoms with Gasteiger partial charge in [0.05, 0.1) is 0 Å². The Morgan fingerprint density at radius 3 is 2.79 bits per heavy atom. The minimum atomic E-state index is -0.564. The van der Waals surface area contributed by atoms with Crippen molar-refractivity contribution in [1.82, 2.24) is 20.1 Å². The van der Waals surface area contributed by atoms with Gasteiger partial charge in [0.2, 0.25) is 0 Å². The molecule has 0 aliphatic heterocycles. The molecule has 0 saturated heterocycles. The smallest absolute Gasteiger partial charge is 0.260 e. The van der Waals surface area contributed by atoms with E-state index in [0.29, 0.717) is 18.7 Å². The van der Waals surface area contributed by atoms with Crippen molar-refractivity contribution in [3.8, 4) is 5.75 Å². The molecule has 3 rings (SSSR count). The van der Waals surface area contributed by atoms with E-state index in [9.17, 15) is 4.79 Å². The molecule has 2 aromatic carbocycles. The van der Waals surface area contributed by atoms with Gasteiger partial charge in [-0.15, -0.1) is 0 Å². The molecule has 0 aliphatic rings. The first-order chi connectivity index (χ1) is 11.6. The SMILES string of the molecule is C[C@@H](Oc1ccc2ccccc2c1)C(=O)NCCc1ncnn1C. The van der Waals surface area contributed by atoms with Crippen LogP contribution in [-0.2, 0) is 18.3 Å². The molecule has 1 amide bonds. The van der Waals surface area contributed by atoms with Crippen molar-refractivity contribution < 1.29 is 9.53 Å². The van der Waals surface area contributed by atoms with Crippen LogP contribution in [0, 0.1) is 0 Å². The molecule has 0 fully saturated rings. The molecule has 0 saturated carbocycles. The number of hydrogen-bond donors (Lipinski definition) is 1. The maximum Gasteiger partial charge on any atom is 0.260 e. The first-order valence-electron chi connectivity index (χ1n) is 7.89. The summed E-state index contributed by atoms with van der Waals surface area (Å²) in [6, 6.07) is 13.9. The highest BCUT2D eigenvalue weighted by atomic mass is 16.5. The summed E-state index contributed by atoms with van der Waals surface area (Å²) < 4.78 is 7.45. The lowest BCUT2D eigenvalue weighted by atomic mass is 10.1. The summed E-state index contributed by atoms with van der Waals surface area (Å²) in [5.41, 5.74) is 0. The monoisotopic (exact) mass is 324 g/mol. The number of fused-ring (bicyclic) bond motifs is 1. The molecule has 24 heavy (non-hydrogen) atoms. The molecule has 0 bridgehead atoms. The van der Waals surface area contributed by atoms with E-state index in [1.165, 1.54) is 6.33 Å². The van der Waals surface area contributed by atoms with Crippen molar-refractivity contribution in [2.24, 2.45) is 7.05 Å². The van der Waals surface area contributed by atoms with Crippen LogP contribution in [-0.4, -0.2) is 33.3 Å². The van der Waals surface area contributed by atoms with E-state index in [1.807, 2.05) is 49.5 Å². The highest BCUT2D eigenvalue weighted by Crippen LogP contribution is 2.21. The van der Waals surface area contributed by atoms with Gasteiger partial charge >= 0.3 is 0 Å². The summed E-state index contributed by atoms with van der Waals surface area (Å²) in [7, 11) is 1.83. The van der Waals surface area contributed by atoms with Crippen molar-refractivity contribution in [3.63, 3.8) is 0 Å². The minimum Gasteiger partial charge on any atom is -0.481 e. The zero-order chi connectivity index (χ0) is 16.9. The van der Waals surface area contributed by atoms with Gasteiger partial charge in [-0.05, 0) is 29.8 Å². The van der Waals surface area contributed by atoms with Crippen molar-refractivity contribution in [2.75, 3.05) is 6.54 Å². The number of aromatic nitrogens is 3. The number of aryl methyl sites for hydroxylation is 1. The standard InChI is InChI=1S/C18H20N4O2/c1-13(18(23)19-10-9-17-20-12-21-22(17)2)24-16-8-7-14-5-3-4-6-15(14)11-16/h3-8,11-13H,9-10H2,1-2H3,(H,19,23)/t13-/m1/s1. The Kier molecular flexibility index (Phi) is 4.74. The van der Waals surface area contributed by atoms with Gasteiger partial charge in [0.15, 0.2) is 6.10 Å². The van der Waals surface area contributed by atoms with E-state index < -0.39 is 6.10 Å². The molecular weight excluding hydrogens is 304 g/mol. The molecule has 1 heterocycles. The van der Waals surface area contributed by atoms with Crippen LogP contribution in [0.1, 0.15) is 12.7 Å².